The van der Waals surface area contributed by atoms with Crippen molar-refractivity contribution in [2.24, 2.45) is 0 Å². The predicted octanol–water partition coefficient (Wildman–Crippen LogP) is 2.76. The van der Waals surface area contributed by atoms with E-state index < -0.39 is 10.0 Å². The zero-order chi connectivity index (χ0) is 18.1. The van der Waals surface area contributed by atoms with Crippen LogP contribution in [0.15, 0.2) is 24.3 Å². The molecular weight excluding hydrogens is 441 g/mol. The highest BCUT2D eigenvalue weighted by atomic mass is 127. The molecule has 0 atom stereocenters. The maximum atomic E-state index is 11.9. The highest BCUT2D eigenvalue weighted by molar-refractivity contribution is 14.1. The fourth-order valence-electron chi connectivity index (χ4n) is 2.26. The molecule has 1 aromatic carbocycles. The number of halogens is 1. The summed E-state index contributed by atoms with van der Waals surface area (Å²) in [5.41, 5.74) is 2.63. The quantitative estimate of drug-likeness (QED) is 0.693. The summed E-state index contributed by atoms with van der Waals surface area (Å²) in [6.45, 7) is 3.69. The Kier molecular flexibility index (Phi) is 5.82. The smallest absolute Gasteiger partial charge is 0.239 e. The van der Waals surface area contributed by atoms with E-state index in [2.05, 4.69) is 32.6 Å². The third-order valence-corrected chi connectivity index (χ3v) is 5.51. The van der Waals surface area contributed by atoms with Crippen LogP contribution in [0.4, 0.5) is 5.95 Å². The lowest BCUT2D eigenvalue weighted by molar-refractivity contribution is 0.279. The number of anilines is 1. The highest BCUT2D eigenvalue weighted by Gasteiger charge is 2.22. The van der Waals surface area contributed by atoms with E-state index in [9.17, 15) is 13.5 Å². The summed E-state index contributed by atoms with van der Waals surface area (Å²) < 4.78 is 25.8. The molecule has 0 aliphatic heterocycles. The highest BCUT2D eigenvalue weighted by Crippen LogP contribution is 2.30. The molecule has 8 heteroatoms. The largest absolute Gasteiger partial charge is 0.392 e. The van der Waals surface area contributed by atoms with E-state index in [1.165, 1.54) is 7.05 Å². The first-order valence-electron chi connectivity index (χ1n) is 7.36. The van der Waals surface area contributed by atoms with E-state index in [0.717, 1.165) is 19.7 Å². The van der Waals surface area contributed by atoms with Gasteiger partial charge in [-0.25, -0.2) is 22.7 Å². The maximum absolute atomic E-state index is 11.9. The van der Waals surface area contributed by atoms with Crippen molar-refractivity contribution in [2.45, 2.75) is 26.4 Å². The van der Waals surface area contributed by atoms with Gasteiger partial charge in [-0.2, -0.15) is 0 Å². The van der Waals surface area contributed by atoms with E-state index in [1.807, 2.05) is 38.1 Å². The van der Waals surface area contributed by atoms with Gasteiger partial charge in [-0.05, 0) is 40.6 Å². The van der Waals surface area contributed by atoms with Crippen molar-refractivity contribution < 1.29 is 13.5 Å². The van der Waals surface area contributed by atoms with Crippen molar-refractivity contribution >= 4 is 38.6 Å². The predicted molar refractivity (Wildman–Crippen MR) is 103 cm³/mol. The van der Waals surface area contributed by atoms with Gasteiger partial charge in [-0.15, -0.1) is 0 Å². The molecule has 0 saturated carbocycles. The monoisotopic (exact) mass is 461 g/mol. The van der Waals surface area contributed by atoms with Crippen LogP contribution < -0.4 is 4.31 Å². The molecule has 2 aromatic rings. The van der Waals surface area contributed by atoms with Crippen LogP contribution in [0.5, 0.6) is 0 Å². The van der Waals surface area contributed by atoms with Gasteiger partial charge < -0.3 is 5.11 Å². The second-order valence-corrected chi connectivity index (χ2v) is 9.05. The molecule has 0 bridgehead atoms. The molecule has 1 heterocycles. The Morgan fingerprint density at radius 2 is 1.79 bits per heavy atom. The number of aliphatic hydroxyl groups excluding tert-OH is 1. The summed E-state index contributed by atoms with van der Waals surface area (Å²) in [5, 5.41) is 9.84. The SMILES string of the molecule is CC(C)c1nc(N(C)S(C)(=O)=O)nc(-c2ccc(I)cc2)c1CO. The Labute approximate surface area is 156 Å². The Morgan fingerprint density at radius 3 is 2.25 bits per heavy atom. The second kappa shape index (κ2) is 7.32. The Morgan fingerprint density at radius 1 is 1.21 bits per heavy atom. The first-order chi connectivity index (χ1) is 11.1. The van der Waals surface area contributed by atoms with Gasteiger partial charge in [-0.1, -0.05) is 26.0 Å². The third kappa shape index (κ3) is 4.04. The fourth-order valence-corrected chi connectivity index (χ4v) is 3.00. The van der Waals surface area contributed by atoms with Crippen molar-refractivity contribution in [3.8, 4) is 11.3 Å². The zero-order valence-corrected chi connectivity index (χ0v) is 17.0. The molecule has 6 nitrogen and oxygen atoms in total. The minimum Gasteiger partial charge on any atom is -0.392 e. The first-order valence-corrected chi connectivity index (χ1v) is 10.3. The Bertz CT molecular complexity index is 836. The lowest BCUT2D eigenvalue weighted by atomic mass is 9.99. The van der Waals surface area contributed by atoms with Crippen LogP contribution in [0.25, 0.3) is 11.3 Å². The Balaban J connectivity index is 2.76. The van der Waals surface area contributed by atoms with E-state index in [4.69, 9.17) is 0 Å². The first kappa shape index (κ1) is 19.1. The van der Waals surface area contributed by atoms with Crippen LogP contribution in [0, 0.1) is 3.57 Å². The molecule has 0 amide bonds. The minimum atomic E-state index is -3.48. The van der Waals surface area contributed by atoms with Crippen LogP contribution in [0.3, 0.4) is 0 Å². The fraction of sp³-hybridized carbons (Fsp3) is 0.375. The molecular formula is C16H20IN3O3S. The molecule has 2 rings (SSSR count). The average Bonchev–Trinajstić information content (AvgIpc) is 2.52. The van der Waals surface area contributed by atoms with Crippen molar-refractivity contribution in [1.82, 2.24) is 9.97 Å². The van der Waals surface area contributed by atoms with Gasteiger partial charge >= 0.3 is 0 Å². The number of hydrogen-bond donors (Lipinski definition) is 1. The van der Waals surface area contributed by atoms with E-state index in [1.54, 1.807) is 0 Å². The van der Waals surface area contributed by atoms with Gasteiger partial charge in [0.1, 0.15) is 0 Å². The average molecular weight is 461 g/mol. The van der Waals surface area contributed by atoms with Gasteiger partial charge in [0.05, 0.1) is 24.3 Å². The van der Waals surface area contributed by atoms with Gasteiger partial charge in [0.25, 0.3) is 0 Å². The van der Waals surface area contributed by atoms with Crippen molar-refractivity contribution in [3.63, 3.8) is 0 Å². The maximum Gasteiger partial charge on any atom is 0.239 e. The number of rotatable bonds is 5. The summed E-state index contributed by atoms with van der Waals surface area (Å²) in [6, 6.07) is 7.68. The van der Waals surface area contributed by atoms with E-state index in [-0.39, 0.29) is 18.5 Å². The number of nitrogens with zero attached hydrogens (tertiary/aromatic N) is 3. The number of hydrogen-bond acceptors (Lipinski definition) is 5. The molecule has 24 heavy (non-hydrogen) atoms. The van der Waals surface area contributed by atoms with Crippen molar-refractivity contribution in [3.05, 3.63) is 39.1 Å². The van der Waals surface area contributed by atoms with Crippen LogP contribution in [0.1, 0.15) is 31.0 Å². The number of aromatic nitrogens is 2. The number of sulfonamides is 1. The molecule has 0 aliphatic carbocycles. The summed E-state index contributed by atoms with van der Waals surface area (Å²) in [5.74, 6) is 0.122. The molecule has 0 fully saturated rings. The van der Waals surface area contributed by atoms with Gasteiger partial charge in [0.2, 0.25) is 16.0 Å². The topological polar surface area (TPSA) is 83.4 Å². The van der Waals surface area contributed by atoms with Crippen LogP contribution in [-0.2, 0) is 16.6 Å². The minimum absolute atomic E-state index is 0.0180. The molecule has 1 aromatic heterocycles. The van der Waals surface area contributed by atoms with Crippen molar-refractivity contribution in [1.29, 1.82) is 0 Å². The normalized spacial score (nSPS) is 11.8. The molecule has 0 saturated heterocycles. The van der Waals surface area contributed by atoms with Crippen LogP contribution in [0.2, 0.25) is 0 Å². The van der Waals surface area contributed by atoms with Crippen LogP contribution in [-0.4, -0.2) is 36.8 Å². The molecule has 1 N–H and O–H groups in total. The number of aliphatic hydroxyl groups is 1. The summed E-state index contributed by atoms with van der Waals surface area (Å²) in [6.07, 6.45) is 1.11. The Hall–Kier alpha value is -1.26. The lowest BCUT2D eigenvalue weighted by Crippen LogP contribution is -2.27. The van der Waals surface area contributed by atoms with Gasteiger partial charge in [0.15, 0.2) is 0 Å². The van der Waals surface area contributed by atoms with Crippen molar-refractivity contribution in [2.75, 3.05) is 17.6 Å². The van der Waals surface area contributed by atoms with E-state index >= 15 is 0 Å². The molecule has 0 spiro atoms. The molecule has 130 valence electrons. The van der Waals surface area contributed by atoms with Gasteiger partial charge in [-0.3, -0.25) is 0 Å². The van der Waals surface area contributed by atoms with E-state index in [0.29, 0.717) is 17.0 Å². The summed E-state index contributed by atoms with van der Waals surface area (Å²) >= 11 is 2.21. The van der Waals surface area contributed by atoms with Crippen LogP contribution >= 0.6 is 22.6 Å². The molecule has 0 unspecified atom stereocenters. The third-order valence-electron chi connectivity index (χ3n) is 3.63. The second-order valence-electron chi connectivity index (χ2n) is 5.79. The number of benzene rings is 1. The lowest BCUT2D eigenvalue weighted by Gasteiger charge is -2.20. The standard InChI is InChI=1S/C16H20IN3O3S/c1-10(2)14-13(9-21)15(11-5-7-12(17)8-6-11)19-16(18-14)20(3)24(4,22)23/h5-8,10,21H,9H2,1-4H3. The summed E-state index contributed by atoms with van der Waals surface area (Å²) in [7, 11) is -2.06. The zero-order valence-electron chi connectivity index (χ0n) is 14.0. The van der Waals surface area contributed by atoms with Gasteiger partial charge in [0, 0.05) is 21.7 Å². The molecule has 0 aliphatic rings. The summed E-state index contributed by atoms with van der Waals surface area (Å²) in [4.78, 5) is 8.81. The molecule has 0 radical (unpaired) electrons.